The second-order valence-electron chi connectivity index (χ2n) is 5.10. The van der Waals surface area contributed by atoms with Gasteiger partial charge in [-0.3, -0.25) is 4.98 Å². The molecule has 6 nitrogen and oxygen atoms in total. The van der Waals surface area contributed by atoms with Gasteiger partial charge in [0.05, 0.1) is 18.0 Å². The molecule has 0 atom stereocenters. The summed E-state index contributed by atoms with van der Waals surface area (Å²) in [6.45, 7) is 0.300. The average molecular weight is 404 g/mol. The van der Waals surface area contributed by atoms with Gasteiger partial charge in [0.25, 0.3) is 0 Å². The fourth-order valence-electron chi connectivity index (χ4n) is 2.16. The number of aliphatic hydroxyl groups is 1. The molecule has 2 aromatic heterocycles. The van der Waals surface area contributed by atoms with E-state index in [9.17, 15) is 4.39 Å². The molecule has 3 N–H and O–H groups in total. The lowest BCUT2D eigenvalue weighted by Crippen LogP contribution is -2.10. The van der Waals surface area contributed by atoms with E-state index >= 15 is 0 Å². The van der Waals surface area contributed by atoms with Gasteiger partial charge in [-0.2, -0.15) is 4.98 Å². The summed E-state index contributed by atoms with van der Waals surface area (Å²) < 4.78 is 13.8. The van der Waals surface area contributed by atoms with E-state index in [1.54, 1.807) is 24.5 Å². The first-order chi connectivity index (χ1) is 12.2. The van der Waals surface area contributed by atoms with Crippen LogP contribution in [0.5, 0.6) is 0 Å². The number of aliphatic hydroxyl groups excluding tert-OH is 1. The molecule has 3 aromatic rings. The molecule has 128 valence electrons. The summed E-state index contributed by atoms with van der Waals surface area (Å²) in [5, 5.41) is 15.1. The molecule has 0 fully saturated rings. The summed E-state index contributed by atoms with van der Waals surface area (Å²) in [5.41, 5.74) is 2.25. The maximum absolute atomic E-state index is 13.3. The Morgan fingerprint density at radius 3 is 2.60 bits per heavy atom. The van der Waals surface area contributed by atoms with Gasteiger partial charge in [0, 0.05) is 35.0 Å². The number of halogens is 2. The molecule has 0 aliphatic heterocycles. The minimum Gasteiger partial charge on any atom is -0.395 e. The third kappa shape index (κ3) is 4.49. The highest BCUT2D eigenvalue weighted by atomic mass is 79.9. The van der Waals surface area contributed by atoms with Gasteiger partial charge in [0.15, 0.2) is 0 Å². The lowest BCUT2D eigenvalue weighted by atomic mass is 10.2. The van der Waals surface area contributed by atoms with Gasteiger partial charge in [-0.05, 0) is 46.3 Å². The summed E-state index contributed by atoms with van der Waals surface area (Å²) in [5.74, 6) is 0.585. The van der Waals surface area contributed by atoms with Gasteiger partial charge < -0.3 is 15.7 Å². The van der Waals surface area contributed by atoms with Crippen molar-refractivity contribution in [3.63, 3.8) is 0 Å². The van der Waals surface area contributed by atoms with Gasteiger partial charge in [-0.1, -0.05) is 0 Å². The first-order valence-corrected chi connectivity index (χ1v) is 8.31. The van der Waals surface area contributed by atoms with E-state index in [-0.39, 0.29) is 12.4 Å². The van der Waals surface area contributed by atoms with Crippen LogP contribution in [0, 0.1) is 5.82 Å². The van der Waals surface area contributed by atoms with Crippen molar-refractivity contribution in [2.45, 2.75) is 0 Å². The molecule has 0 amide bonds. The van der Waals surface area contributed by atoms with Crippen molar-refractivity contribution < 1.29 is 9.50 Å². The molecule has 1 aromatic carbocycles. The summed E-state index contributed by atoms with van der Waals surface area (Å²) in [6.07, 6.45) is 3.36. The second-order valence-corrected chi connectivity index (χ2v) is 5.95. The van der Waals surface area contributed by atoms with Crippen molar-refractivity contribution in [1.29, 1.82) is 0 Å². The zero-order valence-electron chi connectivity index (χ0n) is 13.1. The highest BCUT2D eigenvalue weighted by Crippen LogP contribution is 2.28. The molecule has 0 aliphatic rings. The summed E-state index contributed by atoms with van der Waals surface area (Å²) >= 11 is 3.33. The van der Waals surface area contributed by atoms with Crippen LogP contribution in [0.4, 0.5) is 21.8 Å². The third-order valence-corrected chi connectivity index (χ3v) is 3.95. The summed E-state index contributed by atoms with van der Waals surface area (Å²) in [6, 6.07) is 9.83. The molecule has 0 spiro atoms. The highest BCUT2D eigenvalue weighted by Gasteiger charge is 2.09. The number of benzene rings is 1. The fourth-order valence-corrected chi connectivity index (χ4v) is 2.61. The zero-order chi connectivity index (χ0) is 17.6. The van der Waals surface area contributed by atoms with Crippen LogP contribution in [0.2, 0.25) is 0 Å². The maximum atomic E-state index is 13.3. The predicted molar refractivity (Wildman–Crippen MR) is 98.2 cm³/mol. The lowest BCUT2D eigenvalue weighted by Gasteiger charge is -2.12. The molecular formula is C17H15BrFN5O. The van der Waals surface area contributed by atoms with Crippen LogP contribution in [0.1, 0.15) is 0 Å². The van der Waals surface area contributed by atoms with E-state index < -0.39 is 0 Å². The van der Waals surface area contributed by atoms with Gasteiger partial charge in [0.2, 0.25) is 5.95 Å². The van der Waals surface area contributed by atoms with Crippen molar-refractivity contribution in [2.24, 2.45) is 0 Å². The van der Waals surface area contributed by atoms with Crippen LogP contribution in [-0.4, -0.2) is 33.2 Å². The Morgan fingerprint density at radius 2 is 1.88 bits per heavy atom. The molecule has 8 heteroatoms. The number of aromatic nitrogens is 3. The van der Waals surface area contributed by atoms with Gasteiger partial charge in [-0.15, -0.1) is 0 Å². The van der Waals surface area contributed by atoms with Gasteiger partial charge >= 0.3 is 0 Å². The minimum atomic E-state index is -0.331. The highest BCUT2D eigenvalue weighted by molar-refractivity contribution is 9.10. The van der Waals surface area contributed by atoms with Crippen molar-refractivity contribution in [3.05, 3.63) is 59.1 Å². The summed E-state index contributed by atoms with van der Waals surface area (Å²) in [7, 11) is 0. The van der Waals surface area contributed by atoms with Crippen LogP contribution in [0.3, 0.4) is 0 Å². The topological polar surface area (TPSA) is 83.0 Å². The number of hydrogen-bond acceptors (Lipinski definition) is 6. The summed E-state index contributed by atoms with van der Waals surface area (Å²) in [4.78, 5) is 12.8. The number of hydrogen-bond donors (Lipinski definition) is 3. The molecule has 0 saturated heterocycles. The fraction of sp³-hybridized carbons (Fsp3) is 0.118. The van der Waals surface area contributed by atoms with E-state index in [0.29, 0.717) is 34.2 Å². The monoisotopic (exact) mass is 403 g/mol. The van der Waals surface area contributed by atoms with Crippen molar-refractivity contribution in [2.75, 3.05) is 23.8 Å². The molecule has 0 aliphatic carbocycles. The zero-order valence-corrected chi connectivity index (χ0v) is 14.7. The van der Waals surface area contributed by atoms with Crippen LogP contribution < -0.4 is 10.6 Å². The smallest absolute Gasteiger partial charge is 0.225 e. The Balaban J connectivity index is 1.96. The van der Waals surface area contributed by atoms with Crippen molar-refractivity contribution >= 4 is 33.4 Å². The first-order valence-electron chi connectivity index (χ1n) is 7.52. The van der Waals surface area contributed by atoms with E-state index in [1.807, 2.05) is 12.1 Å². The maximum Gasteiger partial charge on any atom is 0.225 e. The van der Waals surface area contributed by atoms with Crippen LogP contribution in [-0.2, 0) is 0 Å². The molecule has 0 bridgehead atoms. The minimum absolute atomic E-state index is 0.0326. The SMILES string of the molecule is OCCNc1nc(Nc2ccc(F)cc2Br)cc(-c2ccncc2)n1. The molecule has 2 heterocycles. The standard InChI is InChI=1S/C17H15BrFN5O/c18-13-9-12(19)1-2-14(13)22-16-10-15(11-3-5-20-6-4-11)23-17(24-16)21-7-8-25/h1-6,9-10,25H,7-8H2,(H2,21,22,23,24). The Kier molecular flexibility index (Phi) is 5.52. The van der Waals surface area contributed by atoms with Crippen LogP contribution in [0.15, 0.2) is 53.3 Å². The number of pyridine rings is 1. The first kappa shape index (κ1) is 17.2. The normalized spacial score (nSPS) is 10.5. The molecule has 25 heavy (non-hydrogen) atoms. The third-order valence-electron chi connectivity index (χ3n) is 3.29. The Morgan fingerprint density at radius 1 is 1.08 bits per heavy atom. The van der Waals surface area contributed by atoms with Crippen molar-refractivity contribution in [3.8, 4) is 11.3 Å². The number of anilines is 3. The quantitative estimate of drug-likeness (QED) is 0.583. The Hall–Kier alpha value is -2.58. The van der Waals surface area contributed by atoms with Crippen molar-refractivity contribution in [1.82, 2.24) is 15.0 Å². The number of rotatable bonds is 6. The van der Waals surface area contributed by atoms with E-state index in [0.717, 1.165) is 5.56 Å². The Labute approximate surface area is 152 Å². The van der Waals surface area contributed by atoms with E-state index in [1.165, 1.54) is 12.1 Å². The molecule has 0 saturated carbocycles. The second kappa shape index (κ2) is 8.00. The predicted octanol–water partition coefficient (Wildman–Crippen LogP) is 3.59. The van der Waals surface area contributed by atoms with E-state index in [2.05, 4.69) is 41.5 Å². The van der Waals surface area contributed by atoms with Crippen LogP contribution in [0.25, 0.3) is 11.3 Å². The lowest BCUT2D eigenvalue weighted by molar-refractivity contribution is 0.311. The largest absolute Gasteiger partial charge is 0.395 e. The van der Waals surface area contributed by atoms with Gasteiger partial charge in [0.1, 0.15) is 11.6 Å². The number of nitrogens with one attached hydrogen (secondary N) is 2. The average Bonchev–Trinajstić information content (AvgIpc) is 2.63. The molecule has 0 radical (unpaired) electrons. The molecular weight excluding hydrogens is 389 g/mol. The van der Waals surface area contributed by atoms with E-state index in [4.69, 9.17) is 5.11 Å². The molecule has 3 rings (SSSR count). The van der Waals surface area contributed by atoms with Gasteiger partial charge in [-0.25, -0.2) is 9.37 Å². The number of nitrogens with zero attached hydrogens (tertiary/aromatic N) is 3. The molecule has 0 unspecified atom stereocenters. The van der Waals surface area contributed by atoms with Crippen LogP contribution >= 0.6 is 15.9 Å². The Bertz CT molecular complexity index is 863.